The second kappa shape index (κ2) is 5.67. The molecule has 19 heavy (non-hydrogen) atoms. The molecule has 5 nitrogen and oxygen atoms in total. The van der Waals surface area contributed by atoms with Crippen LogP contribution >= 0.6 is 0 Å². The third-order valence-corrected chi connectivity index (χ3v) is 4.65. The molecule has 3 fully saturated rings. The van der Waals surface area contributed by atoms with E-state index in [1.807, 2.05) is 7.05 Å². The van der Waals surface area contributed by atoms with Crippen molar-refractivity contribution in [3.05, 3.63) is 0 Å². The zero-order valence-electron chi connectivity index (χ0n) is 11.9. The van der Waals surface area contributed by atoms with Crippen molar-refractivity contribution in [2.45, 2.75) is 31.8 Å². The van der Waals surface area contributed by atoms with Crippen LogP contribution in [0, 0.1) is 5.41 Å². The Kier molecular flexibility index (Phi) is 3.93. The molecule has 0 radical (unpaired) electrons. The largest absolute Gasteiger partial charge is 0.381 e. The molecule has 2 atom stereocenters. The monoisotopic (exact) mass is 267 g/mol. The van der Waals surface area contributed by atoms with Gasteiger partial charge in [0.2, 0.25) is 0 Å². The average molecular weight is 267 g/mol. The molecule has 0 amide bonds. The van der Waals surface area contributed by atoms with Gasteiger partial charge in [0.25, 0.3) is 0 Å². The van der Waals surface area contributed by atoms with E-state index in [1.165, 1.54) is 25.7 Å². The average Bonchev–Trinajstić information content (AvgIpc) is 3.15. The first-order chi connectivity index (χ1) is 9.31. The van der Waals surface area contributed by atoms with Gasteiger partial charge in [0.15, 0.2) is 5.96 Å². The number of likely N-dealkylation sites (tertiary alicyclic amines) is 1. The molecule has 3 saturated heterocycles. The number of nitrogens with one attached hydrogen (secondary N) is 1. The summed E-state index contributed by atoms with van der Waals surface area (Å²) >= 11 is 0. The lowest BCUT2D eigenvalue weighted by Crippen LogP contribution is -2.44. The van der Waals surface area contributed by atoms with Crippen LogP contribution in [0.4, 0.5) is 0 Å². The summed E-state index contributed by atoms with van der Waals surface area (Å²) in [6.45, 7) is 5.82. The predicted octanol–water partition coefficient (Wildman–Crippen LogP) is 0.853. The Hall–Kier alpha value is -0.810. The van der Waals surface area contributed by atoms with Gasteiger partial charge < -0.3 is 19.7 Å². The fourth-order valence-electron chi connectivity index (χ4n) is 3.43. The standard InChI is InChI=1S/C14H25N3O2/c1-15-13(16-9-12-3-2-7-19-12)17-6-4-14(10-17)5-8-18-11-14/h12H,2-11H2,1H3,(H,15,16). The smallest absolute Gasteiger partial charge is 0.193 e. The number of ether oxygens (including phenoxy) is 2. The molecular formula is C14H25N3O2. The van der Waals surface area contributed by atoms with Crippen molar-refractivity contribution >= 4 is 5.96 Å². The van der Waals surface area contributed by atoms with Crippen LogP contribution in [0.3, 0.4) is 0 Å². The van der Waals surface area contributed by atoms with Crippen LogP contribution in [0.2, 0.25) is 0 Å². The number of hydrogen-bond acceptors (Lipinski definition) is 3. The molecule has 3 aliphatic heterocycles. The maximum absolute atomic E-state index is 5.65. The summed E-state index contributed by atoms with van der Waals surface area (Å²) in [7, 11) is 1.87. The minimum atomic E-state index is 0.364. The first-order valence-electron chi connectivity index (χ1n) is 7.46. The lowest BCUT2D eigenvalue weighted by molar-refractivity contribution is 0.113. The van der Waals surface area contributed by atoms with E-state index in [1.54, 1.807) is 0 Å². The summed E-state index contributed by atoms with van der Waals surface area (Å²) in [5.74, 6) is 1.03. The van der Waals surface area contributed by atoms with E-state index >= 15 is 0 Å². The third-order valence-electron chi connectivity index (χ3n) is 4.65. The van der Waals surface area contributed by atoms with Crippen LogP contribution in [-0.4, -0.2) is 63.5 Å². The number of rotatable bonds is 2. The normalized spacial score (nSPS) is 35.5. The summed E-state index contributed by atoms with van der Waals surface area (Å²) in [4.78, 5) is 6.80. The molecule has 1 spiro atoms. The quantitative estimate of drug-likeness (QED) is 0.595. The fourth-order valence-corrected chi connectivity index (χ4v) is 3.43. The highest BCUT2D eigenvalue weighted by Gasteiger charge is 2.42. The Morgan fingerprint density at radius 1 is 1.42 bits per heavy atom. The Bertz CT molecular complexity index is 334. The molecule has 0 bridgehead atoms. The van der Waals surface area contributed by atoms with E-state index < -0.39 is 0 Å². The Balaban J connectivity index is 1.51. The number of aliphatic imine (C=N–C) groups is 1. The van der Waals surface area contributed by atoms with Crippen LogP contribution in [0.5, 0.6) is 0 Å². The summed E-state index contributed by atoms with van der Waals surface area (Å²) < 4.78 is 11.2. The first-order valence-corrected chi connectivity index (χ1v) is 7.46. The summed E-state index contributed by atoms with van der Waals surface area (Å²) in [5, 5.41) is 3.47. The Morgan fingerprint density at radius 2 is 2.37 bits per heavy atom. The van der Waals surface area contributed by atoms with E-state index in [0.717, 1.165) is 45.4 Å². The lowest BCUT2D eigenvalue weighted by Gasteiger charge is -2.25. The summed E-state index contributed by atoms with van der Waals surface area (Å²) in [6.07, 6.45) is 5.15. The Labute approximate surface area is 115 Å². The van der Waals surface area contributed by atoms with Crippen LogP contribution in [0.15, 0.2) is 4.99 Å². The second-order valence-corrected chi connectivity index (χ2v) is 6.04. The predicted molar refractivity (Wildman–Crippen MR) is 74.4 cm³/mol. The molecule has 0 aromatic carbocycles. The third kappa shape index (κ3) is 2.87. The molecule has 5 heteroatoms. The van der Waals surface area contributed by atoms with Gasteiger partial charge in [-0.15, -0.1) is 0 Å². The SMILES string of the molecule is CN=C(NCC1CCCO1)N1CCC2(CCOC2)C1. The molecule has 108 valence electrons. The molecule has 3 rings (SSSR count). The Morgan fingerprint density at radius 3 is 3.05 bits per heavy atom. The molecule has 2 unspecified atom stereocenters. The number of guanidine groups is 1. The van der Waals surface area contributed by atoms with Gasteiger partial charge in [-0.05, 0) is 25.7 Å². The van der Waals surface area contributed by atoms with Gasteiger partial charge in [-0.3, -0.25) is 4.99 Å². The minimum Gasteiger partial charge on any atom is -0.381 e. The zero-order chi connectivity index (χ0) is 13.1. The van der Waals surface area contributed by atoms with E-state index in [4.69, 9.17) is 9.47 Å². The van der Waals surface area contributed by atoms with E-state index in [0.29, 0.717) is 11.5 Å². The molecule has 0 aromatic heterocycles. The molecule has 3 aliphatic rings. The maximum Gasteiger partial charge on any atom is 0.193 e. The zero-order valence-corrected chi connectivity index (χ0v) is 11.9. The van der Waals surface area contributed by atoms with Crippen molar-refractivity contribution in [2.24, 2.45) is 10.4 Å². The van der Waals surface area contributed by atoms with Crippen molar-refractivity contribution in [2.75, 3.05) is 46.5 Å². The highest BCUT2D eigenvalue weighted by Crippen LogP contribution is 2.38. The molecule has 0 aliphatic carbocycles. The van der Waals surface area contributed by atoms with Crippen molar-refractivity contribution < 1.29 is 9.47 Å². The number of nitrogens with zero attached hydrogens (tertiary/aromatic N) is 2. The van der Waals surface area contributed by atoms with Gasteiger partial charge in [-0.2, -0.15) is 0 Å². The van der Waals surface area contributed by atoms with Gasteiger partial charge >= 0.3 is 0 Å². The second-order valence-electron chi connectivity index (χ2n) is 6.04. The van der Waals surface area contributed by atoms with Crippen molar-refractivity contribution in [1.82, 2.24) is 10.2 Å². The van der Waals surface area contributed by atoms with Crippen LogP contribution in [0.25, 0.3) is 0 Å². The molecule has 0 aromatic rings. The summed E-state index contributed by atoms with van der Waals surface area (Å²) in [6, 6.07) is 0. The molecule has 1 N–H and O–H groups in total. The van der Waals surface area contributed by atoms with Gasteiger partial charge in [0.05, 0.1) is 12.7 Å². The fraction of sp³-hybridized carbons (Fsp3) is 0.929. The van der Waals surface area contributed by atoms with Gasteiger partial charge in [0.1, 0.15) is 0 Å². The maximum atomic E-state index is 5.65. The van der Waals surface area contributed by atoms with Crippen LogP contribution in [0.1, 0.15) is 25.7 Å². The lowest BCUT2D eigenvalue weighted by atomic mass is 9.87. The molecule has 0 saturated carbocycles. The van der Waals surface area contributed by atoms with Crippen molar-refractivity contribution in [1.29, 1.82) is 0 Å². The van der Waals surface area contributed by atoms with E-state index in [2.05, 4.69) is 15.2 Å². The van der Waals surface area contributed by atoms with Gasteiger partial charge in [-0.25, -0.2) is 0 Å². The molecular weight excluding hydrogens is 242 g/mol. The van der Waals surface area contributed by atoms with E-state index in [-0.39, 0.29) is 0 Å². The van der Waals surface area contributed by atoms with Gasteiger partial charge in [0, 0.05) is 45.3 Å². The summed E-state index contributed by atoms with van der Waals surface area (Å²) in [5.41, 5.74) is 0.390. The molecule has 3 heterocycles. The van der Waals surface area contributed by atoms with Crippen molar-refractivity contribution in [3.8, 4) is 0 Å². The highest BCUT2D eigenvalue weighted by molar-refractivity contribution is 5.80. The van der Waals surface area contributed by atoms with E-state index in [9.17, 15) is 0 Å². The van der Waals surface area contributed by atoms with Crippen molar-refractivity contribution in [3.63, 3.8) is 0 Å². The highest BCUT2D eigenvalue weighted by atomic mass is 16.5. The van der Waals surface area contributed by atoms with Crippen LogP contribution in [-0.2, 0) is 9.47 Å². The minimum absolute atomic E-state index is 0.364. The van der Waals surface area contributed by atoms with Gasteiger partial charge in [-0.1, -0.05) is 0 Å². The van der Waals surface area contributed by atoms with Crippen LogP contribution < -0.4 is 5.32 Å². The topological polar surface area (TPSA) is 46.1 Å². The number of hydrogen-bond donors (Lipinski definition) is 1. The first kappa shape index (κ1) is 13.2.